The molecule has 0 aliphatic rings. The number of halogens is 1. The van der Waals surface area contributed by atoms with Gasteiger partial charge in [0.15, 0.2) is 0 Å². The van der Waals surface area contributed by atoms with Gasteiger partial charge in [-0.05, 0) is 30.2 Å². The summed E-state index contributed by atoms with van der Waals surface area (Å²) < 4.78 is 13.5. The average Bonchev–Trinajstić information content (AvgIpc) is 2.61. The van der Waals surface area contributed by atoms with Crippen molar-refractivity contribution in [3.63, 3.8) is 0 Å². The van der Waals surface area contributed by atoms with Gasteiger partial charge in [-0.3, -0.25) is 9.69 Å². The highest BCUT2D eigenvalue weighted by molar-refractivity contribution is 5.76. The zero-order chi connectivity index (χ0) is 17.2. The van der Waals surface area contributed by atoms with E-state index in [1.165, 1.54) is 11.6 Å². The molecule has 0 aromatic heterocycles. The highest BCUT2D eigenvalue weighted by Crippen LogP contribution is 2.07. The lowest BCUT2D eigenvalue weighted by Crippen LogP contribution is -2.31. The lowest BCUT2D eigenvalue weighted by molar-refractivity contribution is -0.121. The second-order valence-electron chi connectivity index (χ2n) is 5.80. The highest BCUT2D eigenvalue weighted by Gasteiger charge is 2.08. The third kappa shape index (κ3) is 6.13. The van der Waals surface area contributed by atoms with E-state index in [9.17, 15) is 9.18 Å². The van der Waals surface area contributed by atoms with Crippen LogP contribution in [0.15, 0.2) is 54.6 Å². The van der Waals surface area contributed by atoms with Crippen molar-refractivity contribution < 1.29 is 9.18 Å². The molecule has 24 heavy (non-hydrogen) atoms. The van der Waals surface area contributed by atoms with Crippen molar-refractivity contribution in [1.82, 2.24) is 10.2 Å². The summed E-state index contributed by atoms with van der Waals surface area (Å²) in [5.74, 6) is -0.204. The molecule has 0 aliphatic carbocycles. The second kappa shape index (κ2) is 9.83. The van der Waals surface area contributed by atoms with E-state index >= 15 is 0 Å². The third-order valence-electron chi connectivity index (χ3n) is 4.03. The number of nitrogens with zero attached hydrogens (tertiary/aromatic N) is 1. The third-order valence-corrected chi connectivity index (χ3v) is 4.03. The normalized spacial score (nSPS) is 10.8. The maximum Gasteiger partial charge on any atom is 0.221 e. The molecule has 2 aromatic carbocycles. The van der Waals surface area contributed by atoms with Gasteiger partial charge < -0.3 is 5.32 Å². The van der Waals surface area contributed by atoms with Crippen LogP contribution in [0, 0.1) is 5.82 Å². The number of nitrogens with one attached hydrogen (secondary N) is 1. The molecule has 0 spiro atoms. The molecule has 1 amide bonds. The molecule has 0 saturated carbocycles. The fraction of sp³-hybridized carbons (Fsp3) is 0.350. The van der Waals surface area contributed by atoms with Gasteiger partial charge in [0, 0.05) is 26.1 Å². The van der Waals surface area contributed by atoms with Crippen LogP contribution in [0.5, 0.6) is 0 Å². The Kier molecular flexibility index (Phi) is 7.43. The lowest BCUT2D eigenvalue weighted by atomic mass is 10.1. The van der Waals surface area contributed by atoms with Crippen molar-refractivity contribution in [2.75, 3.05) is 19.6 Å². The van der Waals surface area contributed by atoms with E-state index in [4.69, 9.17) is 0 Å². The fourth-order valence-electron chi connectivity index (χ4n) is 2.58. The quantitative estimate of drug-likeness (QED) is 0.765. The van der Waals surface area contributed by atoms with Crippen LogP contribution in [-0.4, -0.2) is 30.4 Å². The van der Waals surface area contributed by atoms with Crippen LogP contribution in [0.1, 0.15) is 24.5 Å². The van der Waals surface area contributed by atoms with Crippen molar-refractivity contribution in [3.8, 4) is 0 Å². The summed E-state index contributed by atoms with van der Waals surface area (Å²) in [5.41, 5.74) is 1.89. The Balaban J connectivity index is 1.69. The minimum absolute atomic E-state index is 0.0119. The van der Waals surface area contributed by atoms with E-state index in [2.05, 4.69) is 29.3 Å². The van der Waals surface area contributed by atoms with Crippen LogP contribution in [0.2, 0.25) is 0 Å². The second-order valence-corrected chi connectivity index (χ2v) is 5.80. The lowest BCUT2D eigenvalue weighted by Gasteiger charge is -2.20. The molecule has 0 unspecified atom stereocenters. The van der Waals surface area contributed by atoms with Gasteiger partial charge in [-0.25, -0.2) is 4.39 Å². The first-order valence-corrected chi connectivity index (χ1v) is 8.45. The van der Waals surface area contributed by atoms with Crippen LogP contribution < -0.4 is 5.32 Å². The van der Waals surface area contributed by atoms with E-state index in [0.717, 1.165) is 19.6 Å². The number of carbonyl (C=O) groups is 1. The molecule has 0 radical (unpaired) electrons. The first-order chi connectivity index (χ1) is 11.7. The van der Waals surface area contributed by atoms with Crippen LogP contribution in [0.3, 0.4) is 0 Å². The smallest absolute Gasteiger partial charge is 0.221 e. The largest absolute Gasteiger partial charge is 0.356 e. The fourth-order valence-corrected chi connectivity index (χ4v) is 2.58. The first-order valence-electron chi connectivity index (χ1n) is 8.45. The monoisotopic (exact) mass is 328 g/mol. The van der Waals surface area contributed by atoms with E-state index < -0.39 is 0 Å². The van der Waals surface area contributed by atoms with Crippen molar-refractivity contribution >= 4 is 5.91 Å². The standard InChI is InChI=1S/C20H25FN2O/c1-2-23(16-17-8-4-3-5-9-17)15-13-20(24)22-14-12-18-10-6-7-11-19(18)21/h3-11H,2,12-16H2,1H3,(H,22,24). The molecule has 0 aliphatic heterocycles. The molecule has 0 saturated heterocycles. The molecule has 0 bridgehead atoms. The molecule has 0 heterocycles. The summed E-state index contributed by atoms with van der Waals surface area (Å²) in [6.45, 7) is 5.03. The van der Waals surface area contributed by atoms with E-state index in [-0.39, 0.29) is 11.7 Å². The summed E-state index contributed by atoms with van der Waals surface area (Å²) in [7, 11) is 0. The molecule has 4 heteroatoms. The predicted octanol–water partition coefficient (Wildman–Crippen LogP) is 3.40. The summed E-state index contributed by atoms with van der Waals surface area (Å²) in [4.78, 5) is 14.2. The number of carbonyl (C=O) groups excluding carboxylic acids is 1. The first kappa shape index (κ1) is 18.1. The molecule has 128 valence electrons. The predicted molar refractivity (Wildman–Crippen MR) is 95.1 cm³/mol. The van der Waals surface area contributed by atoms with Crippen molar-refractivity contribution in [2.45, 2.75) is 26.3 Å². The summed E-state index contributed by atoms with van der Waals surface area (Å²) >= 11 is 0. The van der Waals surface area contributed by atoms with Crippen molar-refractivity contribution in [3.05, 3.63) is 71.5 Å². The SMILES string of the molecule is CCN(CCC(=O)NCCc1ccccc1F)Cc1ccccc1. The molecule has 0 fully saturated rings. The van der Waals surface area contributed by atoms with E-state index in [0.29, 0.717) is 24.9 Å². The molecule has 2 aromatic rings. The Morgan fingerprint density at radius 2 is 1.79 bits per heavy atom. The topological polar surface area (TPSA) is 32.3 Å². The zero-order valence-electron chi connectivity index (χ0n) is 14.2. The van der Waals surface area contributed by atoms with Gasteiger partial charge in [0.2, 0.25) is 5.91 Å². The van der Waals surface area contributed by atoms with Gasteiger partial charge in [0.1, 0.15) is 5.82 Å². The van der Waals surface area contributed by atoms with Gasteiger partial charge in [-0.1, -0.05) is 55.5 Å². The molecule has 3 nitrogen and oxygen atoms in total. The molecular formula is C20H25FN2O. The molecule has 2 rings (SSSR count). The Morgan fingerprint density at radius 3 is 2.50 bits per heavy atom. The van der Waals surface area contributed by atoms with Crippen LogP contribution in [-0.2, 0) is 17.8 Å². The maximum absolute atomic E-state index is 13.5. The number of hydrogen-bond donors (Lipinski definition) is 1. The van der Waals surface area contributed by atoms with Crippen LogP contribution in [0.25, 0.3) is 0 Å². The van der Waals surface area contributed by atoms with Crippen molar-refractivity contribution in [2.24, 2.45) is 0 Å². The zero-order valence-corrected chi connectivity index (χ0v) is 14.2. The Bertz CT molecular complexity index is 631. The van der Waals surface area contributed by atoms with Gasteiger partial charge in [0.05, 0.1) is 0 Å². The summed E-state index contributed by atoms with van der Waals surface area (Å²) in [5, 5.41) is 2.87. The van der Waals surface area contributed by atoms with E-state index in [1.807, 2.05) is 24.3 Å². The highest BCUT2D eigenvalue weighted by atomic mass is 19.1. The van der Waals surface area contributed by atoms with Gasteiger partial charge in [-0.15, -0.1) is 0 Å². The van der Waals surface area contributed by atoms with E-state index in [1.54, 1.807) is 12.1 Å². The van der Waals surface area contributed by atoms with Gasteiger partial charge >= 0.3 is 0 Å². The van der Waals surface area contributed by atoms with Crippen LogP contribution >= 0.6 is 0 Å². The summed E-state index contributed by atoms with van der Waals surface area (Å²) in [6.07, 6.45) is 0.970. The molecular weight excluding hydrogens is 303 g/mol. The maximum atomic E-state index is 13.5. The number of hydrogen-bond acceptors (Lipinski definition) is 2. The Morgan fingerprint density at radius 1 is 1.08 bits per heavy atom. The molecule has 1 N–H and O–H groups in total. The van der Waals surface area contributed by atoms with Crippen molar-refractivity contribution in [1.29, 1.82) is 0 Å². The molecule has 0 atom stereocenters. The number of rotatable bonds is 9. The minimum Gasteiger partial charge on any atom is -0.356 e. The Hall–Kier alpha value is -2.20. The Labute approximate surface area is 143 Å². The minimum atomic E-state index is -0.216. The van der Waals surface area contributed by atoms with Crippen LogP contribution in [0.4, 0.5) is 4.39 Å². The average molecular weight is 328 g/mol. The van der Waals surface area contributed by atoms with Gasteiger partial charge in [0.25, 0.3) is 0 Å². The van der Waals surface area contributed by atoms with Gasteiger partial charge in [-0.2, -0.15) is 0 Å². The number of amides is 1. The summed E-state index contributed by atoms with van der Waals surface area (Å²) in [6, 6.07) is 16.9. The number of benzene rings is 2.